The Morgan fingerprint density at radius 2 is 1.56 bits per heavy atom. The first-order valence-corrected chi connectivity index (χ1v) is 8.47. The standard InChI is InChI=1S/C17H35N/c1-4-14-18-17(13-12-15(2)3)16-10-8-6-5-7-9-11-16/h15-18H,4-14H2,1-3H3. The Morgan fingerprint density at radius 3 is 2.11 bits per heavy atom. The van der Waals surface area contributed by atoms with Crippen molar-refractivity contribution in [1.29, 1.82) is 0 Å². The number of hydrogen-bond donors (Lipinski definition) is 1. The second-order valence-corrected chi connectivity index (χ2v) is 6.64. The predicted molar refractivity (Wildman–Crippen MR) is 82.0 cm³/mol. The zero-order valence-electron chi connectivity index (χ0n) is 13.0. The summed E-state index contributed by atoms with van der Waals surface area (Å²) in [6.45, 7) is 8.20. The fourth-order valence-electron chi connectivity index (χ4n) is 3.24. The molecule has 18 heavy (non-hydrogen) atoms. The van der Waals surface area contributed by atoms with Gasteiger partial charge >= 0.3 is 0 Å². The number of hydrogen-bond acceptors (Lipinski definition) is 1. The van der Waals surface area contributed by atoms with E-state index in [0.717, 1.165) is 17.9 Å². The topological polar surface area (TPSA) is 12.0 Å². The van der Waals surface area contributed by atoms with Gasteiger partial charge in [-0.3, -0.25) is 0 Å². The molecule has 0 heterocycles. The lowest BCUT2D eigenvalue weighted by molar-refractivity contribution is 0.263. The molecule has 1 N–H and O–H groups in total. The van der Waals surface area contributed by atoms with E-state index in [2.05, 4.69) is 26.1 Å². The Balaban J connectivity index is 2.43. The van der Waals surface area contributed by atoms with Gasteiger partial charge in [-0.2, -0.15) is 0 Å². The van der Waals surface area contributed by atoms with Crippen molar-refractivity contribution in [2.45, 2.75) is 91.0 Å². The molecule has 108 valence electrons. The van der Waals surface area contributed by atoms with Gasteiger partial charge in [-0.15, -0.1) is 0 Å². The first-order valence-electron chi connectivity index (χ1n) is 8.47. The van der Waals surface area contributed by atoms with Gasteiger partial charge in [-0.1, -0.05) is 52.9 Å². The van der Waals surface area contributed by atoms with Crippen LogP contribution in [0, 0.1) is 11.8 Å². The van der Waals surface area contributed by atoms with E-state index in [9.17, 15) is 0 Å². The van der Waals surface area contributed by atoms with Crippen molar-refractivity contribution in [2.24, 2.45) is 11.8 Å². The quantitative estimate of drug-likeness (QED) is 0.661. The Kier molecular flexibility index (Phi) is 8.75. The Bertz CT molecular complexity index is 180. The second-order valence-electron chi connectivity index (χ2n) is 6.64. The first kappa shape index (κ1) is 16.0. The molecule has 1 aliphatic carbocycles. The third-order valence-corrected chi connectivity index (χ3v) is 4.43. The van der Waals surface area contributed by atoms with Crippen LogP contribution in [0.2, 0.25) is 0 Å². The summed E-state index contributed by atoms with van der Waals surface area (Å²) in [5, 5.41) is 3.84. The minimum Gasteiger partial charge on any atom is -0.314 e. The summed E-state index contributed by atoms with van der Waals surface area (Å²) >= 11 is 0. The van der Waals surface area contributed by atoms with Crippen LogP contribution in [0.4, 0.5) is 0 Å². The number of rotatable bonds is 7. The van der Waals surface area contributed by atoms with E-state index in [1.807, 2.05) is 0 Å². The lowest BCUT2D eigenvalue weighted by Crippen LogP contribution is -2.37. The van der Waals surface area contributed by atoms with Crippen LogP contribution in [-0.2, 0) is 0 Å². The summed E-state index contributed by atoms with van der Waals surface area (Å²) in [7, 11) is 0. The van der Waals surface area contributed by atoms with Gasteiger partial charge in [0.05, 0.1) is 0 Å². The molecule has 1 nitrogen and oxygen atoms in total. The van der Waals surface area contributed by atoms with E-state index in [4.69, 9.17) is 0 Å². The summed E-state index contributed by atoms with van der Waals surface area (Å²) in [5.41, 5.74) is 0. The smallest absolute Gasteiger partial charge is 0.00954 e. The molecule has 0 radical (unpaired) electrons. The van der Waals surface area contributed by atoms with Crippen LogP contribution in [0.15, 0.2) is 0 Å². The second kappa shape index (κ2) is 9.83. The zero-order chi connectivity index (χ0) is 13.2. The van der Waals surface area contributed by atoms with E-state index in [1.54, 1.807) is 0 Å². The molecule has 0 aromatic carbocycles. The van der Waals surface area contributed by atoms with Crippen LogP contribution >= 0.6 is 0 Å². The molecule has 1 fully saturated rings. The molecule has 0 aromatic rings. The third kappa shape index (κ3) is 6.78. The molecule has 0 aliphatic heterocycles. The molecule has 0 spiro atoms. The van der Waals surface area contributed by atoms with Crippen LogP contribution in [0.25, 0.3) is 0 Å². The highest BCUT2D eigenvalue weighted by Gasteiger charge is 2.21. The maximum Gasteiger partial charge on any atom is 0.00954 e. The van der Waals surface area contributed by atoms with Crippen molar-refractivity contribution >= 4 is 0 Å². The van der Waals surface area contributed by atoms with Gasteiger partial charge < -0.3 is 5.32 Å². The molecule has 1 unspecified atom stereocenters. The Hall–Kier alpha value is -0.0400. The van der Waals surface area contributed by atoms with Crippen LogP contribution in [-0.4, -0.2) is 12.6 Å². The summed E-state index contributed by atoms with van der Waals surface area (Å²) in [4.78, 5) is 0. The summed E-state index contributed by atoms with van der Waals surface area (Å²) in [6.07, 6.45) is 14.4. The SMILES string of the molecule is CCCNC(CCC(C)C)C1CCCCCCC1. The average molecular weight is 253 g/mol. The highest BCUT2D eigenvalue weighted by molar-refractivity contribution is 4.78. The van der Waals surface area contributed by atoms with Crippen molar-refractivity contribution in [3.05, 3.63) is 0 Å². The monoisotopic (exact) mass is 253 g/mol. The van der Waals surface area contributed by atoms with Gasteiger partial charge in [0.25, 0.3) is 0 Å². The van der Waals surface area contributed by atoms with Crippen molar-refractivity contribution in [3.63, 3.8) is 0 Å². The lowest BCUT2D eigenvalue weighted by atomic mass is 9.83. The fraction of sp³-hybridized carbons (Fsp3) is 1.00. The summed E-state index contributed by atoms with van der Waals surface area (Å²) in [6, 6.07) is 0.797. The van der Waals surface area contributed by atoms with E-state index < -0.39 is 0 Å². The van der Waals surface area contributed by atoms with E-state index in [0.29, 0.717) is 0 Å². The normalized spacial score (nSPS) is 20.7. The van der Waals surface area contributed by atoms with E-state index in [-0.39, 0.29) is 0 Å². The van der Waals surface area contributed by atoms with Crippen molar-refractivity contribution in [3.8, 4) is 0 Å². The van der Waals surface area contributed by atoms with Crippen LogP contribution in [0.1, 0.15) is 85.0 Å². The minimum atomic E-state index is 0.797. The van der Waals surface area contributed by atoms with Crippen molar-refractivity contribution in [1.82, 2.24) is 5.32 Å². The Morgan fingerprint density at radius 1 is 0.944 bits per heavy atom. The zero-order valence-corrected chi connectivity index (χ0v) is 13.0. The molecule has 1 saturated carbocycles. The van der Waals surface area contributed by atoms with Gasteiger partial charge in [-0.05, 0) is 50.5 Å². The van der Waals surface area contributed by atoms with Crippen molar-refractivity contribution in [2.75, 3.05) is 6.54 Å². The minimum absolute atomic E-state index is 0.797. The predicted octanol–water partition coefficient (Wildman–Crippen LogP) is 5.15. The van der Waals surface area contributed by atoms with E-state index in [1.165, 1.54) is 70.8 Å². The molecule has 1 atom stereocenters. The molecule has 0 aromatic heterocycles. The van der Waals surface area contributed by atoms with Crippen LogP contribution in [0.3, 0.4) is 0 Å². The molecule has 1 aliphatic rings. The largest absolute Gasteiger partial charge is 0.314 e. The molecular formula is C17H35N. The highest BCUT2D eigenvalue weighted by atomic mass is 14.9. The summed E-state index contributed by atoms with van der Waals surface area (Å²) < 4.78 is 0. The van der Waals surface area contributed by atoms with Crippen molar-refractivity contribution < 1.29 is 0 Å². The first-order chi connectivity index (χ1) is 8.74. The Labute approximate surface area is 115 Å². The maximum atomic E-state index is 3.84. The third-order valence-electron chi connectivity index (χ3n) is 4.43. The van der Waals surface area contributed by atoms with Crippen LogP contribution < -0.4 is 5.32 Å². The molecule has 1 rings (SSSR count). The summed E-state index contributed by atoms with van der Waals surface area (Å²) in [5.74, 6) is 1.81. The lowest BCUT2D eigenvalue weighted by Gasteiger charge is -2.30. The van der Waals surface area contributed by atoms with Gasteiger partial charge in [0, 0.05) is 6.04 Å². The maximum absolute atomic E-state index is 3.84. The molecule has 0 amide bonds. The fourth-order valence-corrected chi connectivity index (χ4v) is 3.24. The molecular weight excluding hydrogens is 218 g/mol. The molecule has 1 heteroatoms. The average Bonchev–Trinajstić information content (AvgIpc) is 2.30. The molecule has 0 bridgehead atoms. The number of nitrogens with one attached hydrogen (secondary N) is 1. The van der Waals surface area contributed by atoms with Gasteiger partial charge in [0.2, 0.25) is 0 Å². The van der Waals surface area contributed by atoms with Gasteiger partial charge in [0.1, 0.15) is 0 Å². The van der Waals surface area contributed by atoms with E-state index >= 15 is 0 Å². The van der Waals surface area contributed by atoms with Gasteiger partial charge in [0.15, 0.2) is 0 Å². The highest BCUT2D eigenvalue weighted by Crippen LogP contribution is 2.27. The van der Waals surface area contributed by atoms with Crippen LogP contribution in [0.5, 0.6) is 0 Å². The molecule has 0 saturated heterocycles. The van der Waals surface area contributed by atoms with Gasteiger partial charge in [-0.25, -0.2) is 0 Å².